The van der Waals surface area contributed by atoms with Crippen molar-refractivity contribution in [3.05, 3.63) is 54.1 Å². The first kappa shape index (κ1) is 21.2. The summed E-state index contributed by atoms with van der Waals surface area (Å²) >= 11 is 0. The van der Waals surface area contributed by atoms with Crippen molar-refractivity contribution in [2.75, 3.05) is 26.2 Å². The Balaban J connectivity index is 1.63. The fourth-order valence-corrected chi connectivity index (χ4v) is 3.69. The smallest absolute Gasteiger partial charge is 0.224 e. The molecule has 0 radical (unpaired) electrons. The Hall–Kier alpha value is -2.47. The van der Waals surface area contributed by atoms with E-state index in [1.165, 1.54) is 5.56 Å². The van der Waals surface area contributed by atoms with Gasteiger partial charge >= 0.3 is 0 Å². The van der Waals surface area contributed by atoms with Crippen molar-refractivity contribution in [3.8, 4) is 5.75 Å². The number of amides is 1. The van der Waals surface area contributed by atoms with E-state index in [1.807, 2.05) is 43.6 Å². The summed E-state index contributed by atoms with van der Waals surface area (Å²) < 4.78 is 5.99. The molecule has 0 unspecified atom stereocenters. The molecule has 1 saturated heterocycles. The number of nitrogens with one attached hydrogen (secondary N) is 1. The SMILES string of the molecule is Cc1ccc(OC[C@H]2C[C@@H](C(=O)NCC(C)C)CN(Cc3ccncc3)C2)cn1. The lowest BCUT2D eigenvalue weighted by Crippen LogP contribution is -2.47. The average molecular weight is 397 g/mol. The summed E-state index contributed by atoms with van der Waals surface area (Å²) in [5.41, 5.74) is 2.19. The third-order valence-electron chi connectivity index (χ3n) is 5.19. The molecular weight excluding hydrogens is 364 g/mol. The van der Waals surface area contributed by atoms with Crippen molar-refractivity contribution in [2.24, 2.45) is 17.8 Å². The van der Waals surface area contributed by atoms with Crippen LogP contribution in [0.3, 0.4) is 0 Å². The minimum Gasteiger partial charge on any atom is -0.492 e. The monoisotopic (exact) mass is 396 g/mol. The van der Waals surface area contributed by atoms with Gasteiger partial charge in [-0.15, -0.1) is 0 Å². The maximum Gasteiger partial charge on any atom is 0.224 e. The third-order valence-corrected chi connectivity index (χ3v) is 5.19. The molecule has 1 aliphatic heterocycles. The van der Waals surface area contributed by atoms with Crippen LogP contribution in [-0.4, -0.2) is 47.0 Å². The number of carbonyl (C=O) groups is 1. The number of piperidine rings is 1. The molecule has 6 nitrogen and oxygen atoms in total. The summed E-state index contributed by atoms with van der Waals surface area (Å²) in [5, 5.41) is 3.11. The number of rotatable bonds is 8. The highest BCUT2D eigenvalue weighted by Crippen LogP contribution is 2.25. The molecule has 2 aromatic heterocycles. The Morgan fingerprint density at radius 1 is 1.24 bits per heavy atom. The quantitative estimate of drug-likeness (QED) is 0.743. The van der Waals surface area contributed by atoms with Crippen LogP contribution in [0.5, 0.6) is 5.75 Å². The summed E-state index contributed by atoms with van der Waals surface area (Å²) in [7, 11) is 0. The predicted octanol–water partition coefficient (Wildman–Crippen LogP) is 3.07. The van der Waals surface area contributed by atoms with Crippen LogP contribution in [0.1, 0.15) is 31.5 Å². The first-order chi connectivity index (χ1) is 14.0. The van der Waals surface area contributed by atoms with Crippen LogP contribution in [0.15, 0.2) is 42.9 Å². The Kier molecular flexibility index (Phi) is 7.58. The highest BCUT2D eigenvalue weighted by atomic mass is 16.5. The van der Waals surface area contributed by atoms with Gasteiger partial charge in [0.1, 0.15) is 5.75 Å². The molecule has 1 amide bonds. The van der Waals surface area contributed by atoms with Gasteiger partial charge < -0.3 is 10.1 Å². The maximum atomic E-state index is 12.8. The number of pyridine rings is 2. The zero-order chi connectivity index (χ0) is 20.6. The number of hydrogen-bond acceptors (Lipinski definition) is 5. The summed E-state index contributed by atoms with van der Waals surface area (Å²) in [6.07, 6.45) is 6.24. The van der Waals surface area contributed by atoms with E-state index in [2.05, 4.69) is 34.0 Å². The number of nitrogens with zero attached hydrogens (tertiary/aromatic N) is 3. The second kappa shape index (κ2) is 10.3. The van der Waals surface area contributed by atoms with E-state index < -0.39 is 0 Å². The van der Waals surface area contributed by atoms with Crippen molar-refractivity contribution in [1.29, 1.82) is 0 Å². The maximum absolute atomic E-state index is 12.8. The molecule has 1 N–H and O–H groups in total. The van der Waals surface area contributed by atoms with Gasteiger partial charge in [0.05, 0.1) is 18.7 Å². The van der Waals surface area contributed by atoms with Crippen molar-refractivity contribution < 1.29 is 9.53 Å². The highest BCUT2D eigenvalue weighted by molar-refractivity contribution is 5.79. The van der Waals surface area contributed by atoms with E-state index in [0.29, 0.717) is 18.4 Å². The summed E-state index contributed by atoms with van der Waals surface area (Å²) in [4.78, 5) is 23.5. The molecule has 1 aliphatic rings. The van der Waals surface area contributed by atoms with E-state index in [9.17, 15) is 4.79 Å². The van der Waals surface area contributed by atoms with Gasteiger partial charge in [-0.1, -0.05) is 13.8 Å². The number of hydrogen-bond donors (Lipinski definition) is 1. The molecule has 0 aromatic carbocycles. The number of carbonyl (C=O) groups excluding carboxylic acids is 1. The molecule has 0 spiro atoms. The fraction of sp³-hybridized carbons (Fsp3) is 0.522. The van der Waals surface area contributed by atoms with E-state index in [-0.39, 0.29) is 11.8 Å². The Morgan fingerprint density at radius 2 is 2.03 bits per heavy atom. The van der Waals surface area contributed by atoms with Crippen molar-refractivity contribution in [1.82, 2.24) is 20.2 Å². The molecule has 0 bridgehead atoms. The molecule has 0 saturated carbocycles. The number of likely N-dealkylation sites (tertiary alicyclic amines) is 1. The lowest BCUT2D eigenvalue weighted by molar-refractivity contribution is -0.128. The normalized spacial score (nSPS) is 19.9. The van der Waals surface area contributed by atoms with E-state index in [0.717, 1.165) is 44.0 Å². The highest BCUT2D eigenvalue weighted by Gasteiger charge is 2.32. The van der Waals surface area contributed by atoms with Crippen molar-refractivity contribution >= 4 is 5.91 Å². The lowest BCUT2D eigenvalue weighted by atomic mass is 9.88. The van der Waals surface area contributed by atoms with E-state index in [1.54, 1.807) is 6.20 Å². The Bertz CT molecular complexity index is 764. The molecule has 3 heterocycles. The summed E-state index contributed by atoms with van der Waals surface area (Å²) in [6.45, 7) is 10.00. The number of ether oxygens (including phenoxy) is 1. The Morgan fingerprint density at radius 3 is 2.72 bits per heavy atom. The first-order valence-corrected chi connectivity index (χ1v) is 10.4. The minimum absolute atomic E-state index is 0.0194. The van der Waals surface area contributed by atoms with Gasteiger partial charge in [-0.25, -0.2) is 0 Å². The topological polar surface area (TPSA) is 67.3 Å². The molecule has 6 heteroatoms. The second-order valence-corrected chi connectivity index (χ2v) is 8.43. The van der Waals surface area contributed by atoms with Gasteiger partial charge in [-0.2, -0.15) is 0 Å². The molecule has 156 valence electrons. The first-order valence-electron chi connectivity index (χ1n) is 10.4. The molecule has 29 heavy (non-hydrogen) atoms. The summed E-state index contributed by atoms with van der Waals surface area (Å²) in [5.74, 6) is 1.65. The lowest BCUT2D eigenvalue weighted by Gasteiger charge is -2.37. The van der Waals surface area contributed by atoms with Crippen LogP contribution in [-0.2, 0) is 11.3 Å². The predicted molar refractivity (Wildman–Crippen MR) is 113 cm³/mol. The van der Waals surface area contributed by atoms with Crippen molar-refractivity contribution in [2.45, 2.75) is 33.7 Å². The van der Waals surface area contributed by atoms with Gasteiger partial charge in [-0.05, 0) is 49.1 Å². The Labute approximate surface area is 173 Å². The van der Waals surface area contributed by atoms with Gasteiger partial charge in [0.2, 0.25) is 5.91 Å². The molecular formula is C23H32N4O2. The summed E-state index contributed by atoms with van der Waals surface area (Å²) in [6, 6.07) is 7.97. The number of aryl methyl sites for hydroxylation is 1. The van der Waals surface area contributed by atoms with Gasteiger partial charge in [0, 0.05) is 50.2 Å². The molecule has 3 rings (SSSR count). The molecule has 2 atom stereocenters. The largest absolute Gasteiger partial charge is 0.492 e. The fourth-order valence-electron chi connectivity index (χ4n) is 3.69. The van der Waals surface area contributed by atoms with E-state index >= 15 is 0 Å². The average Bonchev–Trinajstić information content (AvgIpc) is 2.72. The van der Waals surface area contributed by atoms with Gasteiger partial charge in [0.15, 0.2) is 0 Å². The standard InChI is InChI=1S/C23H32N4O2/c1-17(2)11-26-23(28)21-10-20(16-29-22-5-4-18(3)25-12-22)14-27(15-21)13-19-6-8-24-9-7-19/h4-9,12,17,20-21H,10-11,13-16H2,1-3H3,(H,26,28)/t20-,21+/m0/s1. The minimum atomic E-state index is -0.0194. The van der Waals surface area contributed by atoms with Crippen LogP contribution >= 0.6 is 0 Å². The zero-order valence-corrected chi connectivity index (χ0v) is 17.7. The van der Waals surface area contributed by atoms with Crippen LogP contribution in [0.25, 0.3) is 0 Å². The van der Waals surface area contributed by atoms with E-state index in [4.69, 9.17) is 4.74 Å². The van der Waals surface area contributed by atoms with Crippen LogP contribution in [0.4, 0.5) is 0 Å². The number of aromatic nitrogens is 2. The van der Waals surface area contributed by atoms with Crippen LogP contribution in [0.2, 0.25) is 0 Å². The molecule has 2 aromatic rings. The third kappa shape index (κ3) is 6.82. The second-order valence-electron chi connectivity index (χ2n) is 8.43. The molecule has 1 fully saturated rings. The van der Waals surface area contributed by atoms with Crippen LogP contribution in [0, 0.1) is 24.7 Å². The van der Waals surface area contributed by atoms with Gasteiger partial charge in [-0.3, -0.25) is 19.7 Å². The molecule has 0 aliphatic carbocycles. The van der Waals surface area contributed by atoms with Gasteiger partial charge in [0.25, 0.3) is 0 Å². The zero-order valence-electron chi connectivity index (χ0n) is 17.7. The van der Waals surface area contributed by atoms with Crippen molar-refractivity contribution in [3.63, 3.8) is 0 Å². The van der Waals surface area contributed by atoms with Crippen LogP contribution < -0.4 is 10.1 Å².